The van der Waals surface area contributed by atoms with E-state index in [9.17, 15) is 9.59 Å². The van der Waals surface area contributed by atoms with Crippen molar-refractivity contribution < 1.29 is 18.8 Å². The normalized spacial score (nSPS) is 13.3. The number of allylic oxidation sites excluding steroid dienone is 1. The second kappa shape index (κ2) is 18.6. The van der Waals surface area contributed by atoms with E-state index in [2.05, 4.69) is 27.7 Å². The quantitative estimate of drug-likeness (QED) is 0.0816. The minimum absolute atomic E-state index is 0.109. The zero-order valence-electron chi connectivity index (χ0n) is 21.4. The monoisotopic (exact) mass is 454 g/mol. The molecule has 0 amide bonds. The average molecular weight is 455 g/mol. The van der Waals surface area contributed by atoms with Crippen LogP contribution in [-0.4, -0.2) is 33.3 Å². The Morgan fingerprint density at radius 3 is 1.61 bits per heavy atom. The van der Waals surface area contributed by atoms with Crippen molar-refractivity contribution in [2.75, 3.05) is 7.11 Å². The highest BCUT2D eigenvalue weighted by Crippen LogP contribution is 2.27. The molecule has 0 aliphatic heterocycles. The Kier molecular flexibility index (Phi) is 18.0. The summed E-state index contributed by atoms with van der Waals surface area (Å²) in [7, 11) is -0.643. The third-order valence-electron chi connectivity index (χ3n) is 6.55. The molecular formula is C26H50O4Si. The van der Waals surface area contributed by atoms with Crippen molar-refractivity contribution >= 4 is 20.1 Å². The van der Waals surface area contributed by atoms with Gasteiger partial charge in [-0.3, -0.25) is 4.79 Å². The van der Waals surface area contributed by atoms with Crippen molar-refractivity contribution in [1.82, 2.24) is 0 Å². The van der Waals surface area contributed by atoms with Gasteiger partial charge in [-0.25, -0.2) is 4.79 Å². The lowest BCUT2D eigenvalue weighted by molar-refractivity contribution is -0.139. The summed E-state index contributed by atoms with van der Waals surface area (Å²) in [6.07, 6.45) is 16.1. The molecule has 0 rings (SSSR count). The molecule has 0 aliphatic carbocycles. The molecule has 5 heteroatoms. The summed E-state index contributed by atoms with van der Waals surface area (Å²) in [5.74, 6) is -0.544. The first-order valence-corrected chi connectivity index (χ1v) is 15.4. The summed E-state index contributed by atoms with van der Waals surface area (Å²) >= 11 is 0. The molecule has 1 atom stereocenters. The van der Waals surface area contributed by atoms with Gasteiger partial charge in [0.1, 0.15) is 6.10 Å². The molecule has 0 aromatic carbocycles. The standard InChI is InChI=1S/C26H50O4Si/c1-7-11-12-13-14-15-16-17-18-19-20-21-22-24(26(28)29-6)25(23(5)27)30-31(8-2,9-3)10-4/h22,25H,7-21H2,1-6H3/b24-22+. The molecular weight excluding hydrogens is 404 g/mol. The summed E-state index contributed by atoms with van der Waals surface area (Å²) in [5, 5.41) is 0. The lowest BCUT2D eigenvalue weighted by Crippen LogP contribution is -2.44. The van der Waals surface area contributed by atoms with Gasteiger partial charge >= 0.3 is 5.97 Å². The van der Waals surface area contributed by atoms with Gasteiger partial charge in [-0.15, -0.1) is 0 Å². The Labute approximate surface area is 193 Å². The average Bonchev–Trinajstić information content (AvgIpc) is 2.78. The number of Topliss-reactive ketones (excluding diaryl/α,β-unsaturated/α-hetero) is 1. The number of hydrogen-bond acceptors (Lipinski definition) is 4. The summed E-state index contributed by atoms with van der Waals surface area (Å²) in [6, 6.07) is 2.82. The molecule has 0 spiro atoms. The predicted molar refractivity (Wildman–Crippen MR) is 134 cm³/mol. The Morgan fingerprint density at radius 1 is 0.774 bits per heavy atom. The van der Waals surface area contributed by atoms with Crippen molar-refractivity contribution in [1.29, 1.82) is 0 Å². The van der Waals surface area contributed by atoms with Crippen LogP contribution in [0.25, 0.3) is 0 Å². The second-order valence-corrected chi connectivity index (χ2v) is 13.6. The van der Waals surface area contributed by atoms with Crippen molar-refractivity contribution in [3.63, 3.8) is 0 Å². The number of esters is 1. The molecule has 4 nitrogen and oxygen atoms in total. The van der Waals surface area contributed by atoms with Gasteiger partial charge < -0.3 is 9.16 Å². The maximum Gasteiger partial charge on any atom is 0.336 e. The van der Waals surface area contributed by atoms with E-state index >= 15 is 0 Å². The van der Waals surface area contributed by atoms with Crippen LogP contribution in [0.15, 0.2) is 11.6 Å². The largest absolute Gasteiger partial charge is 0.466 e. The minimum Gasteiger partial charge on any atom is -0.466 e. The van der Waals surface area contributed by atoms with E-state index in [1.807, 2.05) is 6.08 Å². The highest BCUT2D eigenvalue weighted by molar-refractivity contribution is 6.73. The molecule has 0 radical (unpaired) electrons. The Hall–Kier alpha value is -0.943. The lowest BCUT2D eigenvalue weighted by atomic mass is 10.0. The molecule has 0 heterocycles. The fourth-order valence-electron chi connectivity index (χ4n) is 4.10. The van der Waals surface area contributed by atoms with Crippen molar-refractivity contribution in [3.05, 3.63) is 11.6 Å². The summed E-state index contributed by atoms with van der Waals surface area (Å²) < 4.78 is 11.4. The van der Waals surface area contributed by atoms with Gasteiger partial charge in [-0.1, -0.05) is 98.0 Å². The first kappa shape index (κ1) is 30.1. The number of unbranched alkanes of at least 4 members (excludes halogenated alkanes) is 11. The molecule has 0 aliphatic rings. The zero-order valence-corrected chi connectivity index (χ0v) is 22.4. The fraction of sp³-hybridized carbons (Fsp3) is 0.846. The van der Waals surface area contributed by atoms with Crippen LogP contribution in [0.5, 0.6) is 0 Å². The molecule has 0 saturated heterocycles. The fourth-order valence-corrected chi connectivity index (χ4v) is 6.89. The van der Waals surface area contributed by atoms with Gasteiger partial charge in [-0.2, -0.15) is 0 Å². The number of ether oxygens (including phenoxy) is 1. The van der Waals surface area contributed by atoms with Gasteiger partial charge in [0.05, 0.1) is 12.7 Å². The van der Waals surface area contributed by atoms with Crippen LogP contribution < -0.4 is 0 Å². The molecule has 0 fully saturated rings. The number of carbonyl (C=O) groups is 2. The van der Waals surface area contributed by atoms with E-state index in [1.54, 1.807) is 0 Å². The molecule has 0 bridgehead atoms. The van der Waals surface area contributed by atoms with E-state index in [4.69, 9.17) is 9.16 Å². The second-order valence-electron chi connectivity index (χ2n) is 8.83. The molecule has 0 aromatic heterocycles. The van der Waals surface area contributed by atoms with E-state index in [1.165, 1.54) is 71.8 Å². The molecule has 0 aromatic rings. The van der Waals surface area contributed by atoms with Crippen LogP contribution in [0.3, 0.4) is 0 Å². The zero-order chi connectivity index (χ0) is 23.5. The smallest absolute Gasteiger partial charge is 0.336 e. The van der Waals surface area contributed by atoms with E-state index in [0.717, 1.165) is 37.4 Å². The molecule has 31 heavy (non-hydrogen) atoms. The van der Waals surface area contributed by atoms with E-state index in [0.29, 0.717) is 5.57 Å². The number of methoxy groups -OCH3 is 1. The molecule has 0 N–H and O–H groups in total. The number of ketones is 1. The SMILES string of the molecule is CCCCCCCCCCCCC/C=C(/C(=O)OC)C(O[Si](CC)(CC)CC)C(C)=O. The van der Waals surface area contributed by atoms with Crippen LogP contribution >= 0.6 is 0 Å². The molecule has 182 valence electrons. The highest BCUT2D eigenvalue weighted by atomic mass is 28.4. The van der Waals surface area contributed by atoms with Crippen molar-refractivity contribution in [2.45, 2.75) is 136 Å². The van der Waals surface area contributed by atoms with Gasteiger partial charge in [0.25, 0.3) is 0 Å². The summed E-state index contributed by atoms with van der Waals surface area (Å²) in [6.45, 7) is 10.2. The Morgan fingerprint density at radius 2 is 1.23 bits per heavy atom. The van der Waals surface area contributed by atoms with Crippen LogP contribution in [0.1, 0.15) is 112 Å². The number of rotatable bonds is 20. The maximum atomic E-state index is 12.4. The third-order valence-corrected chi connectivity index (χ3v) is 11.1. The van der Waals surface area contributed by atoms with Crippen LogP contribution in [0.4, 0.5) is 0 Å². The summed E-state index contributed by atoms with van der Waals surface area (Å²) in [5.41, 5.74) is 0.398. The first-order valence-electron chi connectivity index (χ1n) is 12.9. The van der Waals surface area contributed by atoms with Gasteiger partial charge in [-0.05, 0) is 37.9 Å². The molecule has 1 unspecified atom stereocenters. The highest BCUT2D eigenvalue weighted by Gasteiger charge is 2.37. The minimum atomic E-state index is -2.02. The number of carbonyl (C=O) groups excluding carboxylic acids is 2. The Bertz CT molecular complexity index is 503. The van der Waals surface area contributed by atoms with E-state index < -0.39 is 20.4 Å². The van der Waals surface area contributed by atoms with Gasteiger partial charge in [0, 0.05) is 0 Å². The van der Waals surface area contributed by atoms with Gasteiger partial charge in [0.2, 0.25) is 0 Å². The lowest BCUT2D eigenvalue weighted by Gasteiger charge is -2.32. The van der Waals surface area contributed by atoms with Crippen LogP contribution in [-0.2, 0) is 18.8 Å². The first-order chi connectivity index (χ1) is 14.9. The van der Waals surface area contributed by atoms with E-state index in [-0.39, 0.29) is 5.78 Å². The van der Waals surface area contributed by atoms with Gasteiger partial charge in [0.15, 0.2) is 14.1 Å². The summed E-state index contributed by atoms with van der Waals surface area (Å²) in [4.78, 5) is 24.8. The van der Waals surface area contributed by atoms with Crippen molar-refractivity contribution in [3.8, 4) is 0 Å². The number of hydrogen-bond donors (Lipinski definition) is 0. The maximum absolute atomic E-state index is 12.4. The molecule has 0 saturated carbocycles. The van der Waals surface area contributed by atoms with Crippen molar-refractivity contribution in [2.24, 2.45) is 0 Å². The Balaban J connectivity index is 4.61. The van der Waals surface area contributed by atoms with Crippen LogP contribution in [0.2, 0.25) is 18.1 Å². The van der Waals surface area contributed by atoms with Crippen LogP contribution in [0, 0.1) is 0 Å². The topological polar surface area (TPSA) is 52.6 Å². The third kappa shape index (κ3) is 12.6. The predicted octanol–water partition coefficient (Wildman–Crippen LogP) is 7.77.